The highest BCUT2D eigenvalue weighted by molar-refractivity contribution is 6.42. The van der Waals surface area contributed by atoms with Crippen LogP contribution in [0.25, 0.3) is 0 Å². The van der Waals surface area contributed by atoms with Crippen molar-refractivity contribution in [3.63, 3.8) is 0 Å². The van der Waals surface area contributed by atoms with Crippen LogP contribution in [-0.2, 0) is 4.79 Å². The second-order valence-electron chi connectivity index (χ2n) is 3.38. The van der Waals surface area contributed by atoms with Gasteiger partial charge in [0.05, 0.1) is 10.0 Å². The number of benzene rings is 1. The van der Waals surface area contributed by atoms with E-state index in [4.69, 9.17) is 23.2 Å². The summed E-state index contributed by atoms with van der Waals surface area (Å²) in [5, 5.41) is 3.88. The van der Waals surface area contributed by atoms with E-state index < -0.39 is 0 Å². The van der Waals surface area contributed by atoms with Crippen molar-refractivity contribution < 1.29 is 4.79 Å². The Kier molecular flexibility index (Phi) is 2.66. The molecule has 1 N–H and O–H groups in total. The summed E-state index contributed by atoms with van der Waals surface area (Å²) in [4.78, 5) is 11.0. The first-order valence-corrected chi connectivity index (χ1v) is 5.14. The van der Waals surface area contributed by atoms with Crippen molar-refractivity contribution in [2.75, 3.05) is 6.54 Å². The molecule has 1 amide bonds. The monoisotopic (exact) mass is 229 g/mol. The molecule has 1 heterocycles. The minimum atomic E-state index is 0.0982. The molecule has 1 aliphatic heterocycles. The lowest BCUT2D eigenvalue weighted by Gasteiger charge is -2.08. The number of halogens is 2. The number of rotatable bonds is 1. The molecule has 0 saturated carbocycles. The topological polar surface area (TPSA) is 29.1 Å². The molecule has 2 nitrogen and oxygen atoms in total. The van der Waals surface area contributed by atoms with E-state index in [1.165, 1.54) is 0 Å². The van der Waals surface area contributed by atoms with Gasteiger partial charge in [0.15, 0.2) is 0 Å². The van der Waals surface area contributed by atoms with Crippen LogP contribution in [0.5, 0.6) is 0 Å². The van der Waals surface area contributed by atoms with Crippen LogP contribution < -0.4 is 5.32 Å². The molecular formula is C10H9Cl2NO. The van der Waals surface area contributed by atoms with E-state index in [1.807, 2.05) is 12.1 Å². The fourth-order valence-corrected chi connectivity index (χ4v) is 1.91. The molecule has 4 heteroatoms. The predicted octanol–water partition coefficient (Wildman–Crippen LogP) is 2.60. The van der Waals surface area contributed by atoms with Gasteiger partial charge in [0.2, 0.25) is 5.91 Å². The van der Waals surface area contributed by atoms with Crippen LogP contribution in [0.1, 0.15) is 17.9 Å². The fourth-order valence-electron chi connectivity index (χ4n) is 1.61. The molecule has 2 rings (SSSR count). The molecule has 0 aromatic heterocycles. The van der Waals surface area contributed by atoms with Gasteiger partial charge in [-0.2, -0.15) is 0 Å². The summed E-state index contributed by atoms with van der Waals surface area (Å²) in [5.74, 6) is 0.332. The van der Waals surface area contributed by atoms with Crippen LogP contribution in [0.2, 0.25) is 10.0 Å². The van der Waals surface area contributed by atoms with Crippen molar-refractivity contribution in [3.8, 4) is 0 Å². The van der Waals surface area contributed by atoms with E-state index in [9.17, 15) is 4.79 Å². The third kappa shape index (κ3) is 1.86. The van der Waals surface area contributed by atoms with Crippen molar-refractivity contribution in [2.24, 2.45) is 0 Å². The minimum Gasteiger partial charge on any atom is -0.355 e. The van der Waals surface area contributed by atoms with Crippen molar-refractivity contribution in [3.05, 3.63) is 33.8 Å². The summed E-state index contributed by atoms with van der Waals surface area (Å²) in [6.45, 7) is 0.691. The molecule has 0 spiro atoms. The van der Waals surface area contributed by atoms with E-state index >= 15 is 0 Å². The van der Waals surface area contributed by atoms with Gasteiger partial charge < -0.3 is 5.32 Å². The Hall–Kier alpha value is -0.730. The lowest BCUT2D eigenvalue weighted by atomic mass is 9.98. The first-order chi connectivity index (χ1) is 6.66. The van der Waals surface area contributed by atoms with Crippen LogP contribution in [0.15, 0.2) is 18.2 Å². The largest absolute Gasteiger partial charge is 0.355 e. The summed E-state index contributed by atoms with van der Waals surface area (Å²) in [5.41, 5.74) is 1.07. The van der Waals surface area contributed by atoms with Crippen LogP contribution in [0.3, 0.4) is 0 Å². The maximum atomic E-state index is 11.0. The molecule has 1 fully saturated rings. The van der Waals surface area contributed by atoms with E-state index in [0.717, 1.165) is 5.56 Å². The molecule has 1 unspecified atom stereocenters. The zero-order chi connectivity index (χ0) is 10.1. The third-order valence-corrected chi connectivity index (χ3v) is 3.13. The first kappa shape index (κ1) is 9.81. The van der Waals surface area contributed by atoms with Crippen LogP contribution >= 0.6 is 23.2 Å². The second kappa shape index (κ2) is 3.79. The normalized spacial score (nSPS) is 21.0. The third-order valence-electron chi connectivity index (χ3n) is 2.39. The molecule has 1 aromatic carbocycles. The molecule has 1 atom stereocenters. The van der Waals surface area contributed by atoms with Crippen molar-refractivity contribution >= 4 is 29.1 Å². The maximum Gasteiger partial charge on any atom is 0.220 e. The highest BCUT2D eigenvalue weighted by atomic mass is 35.5. The average Bonchev–Trinajstić information content (AvgIpc) is 2.57. The molecule has 14 heavy (non-hydrogen) atoms. The zero-order valence-electron chi connectivity index (χ0n) is 7.39. The first-order valence-electron chi connectivity index (χ1n) is 4.38. The average molecular weight is 230 g/mol. The number of nitrogens with one attached hydrogen (secondary N) is 1. The summed E-state index contributed by atoms with van der Waals surface area (Å²) >= 11 is 11.7. The van der Waals surface area contributed by atoms with Gasteiger partial charge in [-0.15, -0.1) is 0 Å². The number of hydrogen-bond acceptors (Lipinski definition) is 1. The van der Waals surface area contributed by atoms with Crippen LogP contribution in [0, 0.1) is 0 Å². The minimum absolute atomic E-state index is 0.0982. The lowest BCUT2D eigenvalue weighted by Crippen LogP contribution is -2.13. The van der Waals surface area contributed by atoms with E-state index in [-0.39, 0.29) is 11.8 Å². The smallest absolute Gasteiger partial charge is 0.220 e. The number of amides is 1. The lowest BCUT2D eigenvalue weighted by molar-refractivity contribution is -0.119. The Morgan fingerprint density at radius 3 is 2.64 bits per heavy atom. The molecule has 0 bridgehead atoms. The Bertz CT molecular complexity index is 378. The molecular weight excluding hydrogens is 221 g/mol. The summed E-state index contributed by atoms with van der Waals surface area (Å²) in [6.07, 6.45) is 0.540. The Morgan fingerprint density at radius 1 is 1.29 bits per heavy atom. The van der Waals surface area contributed by atoms with Gasteiger partial charge in [0, 0.05) is 18.9 Å². The molecule has 0 radical (unpaired) electrons. The summed E-state index contributed by atoms with van der Waals surface area (Å²) in [7, 11) is 0. The molecule has 1 aliphatic rings. The Morgan fingerprint density at radius 2 is 2.07 bits per heavy atom. The van der Waals surface area contributed by atoms with Crippen molar-refractivity contribution in [2.45, 2.75) is 12.3 Å². The van der Waals surface area contributed by atoms with Crippen molar-refractivity contribution in [1.29, 1.82) is 0 Å². The van der Waals surface area contributed by atoms with Gasteiger partial charge >= 0.3 is 0 Å². The van der Waals surface area contributed by atoms with Crippen LogP contribution in [0.4, 0.5) is 0 Å². The van der Waals surface area contributed by atoms with E-state index in [1.54, 1.807) is 6.07 Å². The van der Waals surface area contributed by atoms with Gasteiger partial charge in [0.1, 0.15) is 0 Å². The molecule has 1 aromatic rings. The zero-order valence-corrected chi connectivity index (χ0v) is 8.90. The maximum absolute atomic E-state index is 11.0. The van der Waals surface area contributed by atoms with Crippen molar-refractivity contribution in [1.82, 2.24) is 5.32 Å². The van der Waals surface area contributed by atoms with Gasteiger partial charge in [-0.05, 0) is 17.7 Å². The second-order valence-corrected chi connectivity index (χ2v) is 4.19. The standard InChI is InChI=1S/C10H9Cl2NO/c11-8-2-1-6(3-9(8)12)7-4-10(14)13-5-7/h1-3,7H,4-5H2,(H,13,14). The van der Waals surface area contributed by atoms with E-state index in [0.29, 0.717) is 23.0 Å². The molecule has 0 aliphatic carbocycles. The summed E-state index contributed by atoms with van der Waals surface area (Å²) < 4.78 is 0. The van der Waals surface area contributed by atoms with Gasteiger partial charge in [0.25, 0.3) is 0 Å². The van der Waals surface area contributed by atoms with E-state index in [2.05, 4.69) is 5.32 Å². The highest BCUT2D eigenvalue weighted by Crippen LogP contribution is 2.29. The number of hydrogen-bond donors (Lipinski definition) is 1. The summed E-state index contributed by atoms with van der Waals surface area (Å²) in [6, 6.07) is 5.51. The molecule has 74 valence electrons. The van der Waals surface area contributed by atoms with Gasteiger partial charge in [-0.1, -0.05) is 29.3 Å². The van der Waals surface area contributed by atoms with Gasteiger partial charge in [-0.3, -0.25) is 4.79 Å². The number of carbonyl (C=O) groups excluding carboxylic acids is 1. The van der Waals surface area contributed by atoms with Gasteiger partial charge in [-0.25, -0.2) is 0 Å². The van der Waals surface area contributed by atoms with Crippen LogP contribution in [-0.4, -0.2) is 12.5 Å². The quantitative estimate of drug-likeness (QED) is 0.789. The molecule has 1 saturated heterocycles. The fraction of sp³-hybridized carbons (Fsp3) is 0.300. The Balaban J connectivity index is 2.24. The number of carbonyl (C=O) groups is 1. The highest BCUT2D eigenvalue weighted by Gasteiger charge is 2.23. The SMILES string of the molecule is O=C1CC(c2ccc(Cl)c(Cl)c2)CN1. The Labute approximate surface area is 92.2 Å². The predicted molar refractivity (Wildman–Crippen MR) is 56.8 cm³/mol.